The Morgan fingerprint density at radius 1 is 1.11 bits per heavy atom. The first-order chi connectivity index (χ1) is 8.72. The van der Waals surface area contributed by atoms with Gasteiger partial charge in [0.15, 0.2) is 0 Å². The molecule has 0 unspecified atom stereocenters. The van der Waals surface area contributed by atoms with Crippen LogP contribution in [0.4, 0.5) is 4.39 Å². The Bertz CT molecular complexity index is 540. The summed E-state index contributed by atoms with van der Waals surface area (Å²) in [6.45, 7) is 3.73. The van der Waals surface area contributed by atoms with E-state index in [9.17, 15) is 4.39 Å². The van der Waals surface area contributed by atoms with E-state index in [0.29, 0.717) is 10.6 Å². The van der Waals surface area contributed by atoms with E-state index in [0.717, 1.165) is 24.2 Å². The van der Waals surface area contributed by atoms with Gasteiger partial charge >= 0.3 is 0 Å². The summed E-state index contributed by atoms with van der Waals surface area (Å²) in [7, 11) is 0. The Morgan fingerprint density at radius 2 is 1.89 bits per heavy atom. The SMILES string of the molecule is CCNCc1ccc(-c2ccccc2F)c(Cl)c1. The van der Waals surface area contributed by atoms with Crippen molar-refractivity contribution in [3.05, 3.63) is 58.9 Å². The molecule has 0 heterocycles. The first-order valence-electron chi connectivity index (χ1n) is 5.96. The smallest absolute Gasteiger partial charge is 0.131 e. The fourth-order valence-electron chi connectivity index (χ4n) is 1.84. The van der Waals surface area contributed by atoms with Crippen LogP contribution in [-0.4, -0.2) is 6.54 Å². The van der Waals surface area contributed by atoms with Crippen molar-refractivity contribution in [3.8, 4) is 11.1 Å². The van der Waals surface area contributed by atoms with Gasteiger partial charge in [-0.05, 0) is 24.2 Å². The molecule has 1 N–H and O–H groups in total. The zero-order valence-electron chi connectivity index (χ0n) is 10.2. The van der Waals surface area contributed by atoms with Crippen LogP contribution in [0.25, 0.3) is 11.1 Å². The summed E-state index contributed by atoms with van der Waals surface area (Å²) in [5, 5.41) is 3.81. The first kappa shape index (κ1) is 13.1. The maximum Gasteiger partial charge on any atom is 0.131 e. The van der Waals surface area contributed by atoms with Crippen LogP contribution >= 0.6 is 11.6 Å². The minimum atomic E-state index is -0.251. The Hall–Kier alpha value is -1.38. The molecule has 0 amide bonds. The molecule has 2 aromatic rings. The van der Waals surface area contributed by atoms with Gasteiger partial charge in [-0.15, -0.1) is 0 Å². The highest BCUT2D eigenvalue weighted by molar-refractivity contribution is 6.33. The van der Waals surface area contributed by atoms with E-state index in [1.165, 1.54) is 6.07 Å². The average molecular weight is 264 g/mol. The fraction of sp³-hybridized carbons (Fsp3) is 0.200. The lowest BCUT2D eigenvalue weighted by Gasteiger charge is -2.08. The van der Waals surface area contributed by atoms with Crippen molar-refractivity contribution in [2.75, 3.05) is 6.54 Å². The molecular weight excluding hydrogens is 249 g/mol. The van der Waals surface area contributed by atoms with Crippen LogP contribution in [0.2, 0.25) is 5.02 Å². The molecule has 0 spiro atoms. The first-order valence-corrected chi connectivity index (χ1v) is 6.34. The molecule has 0 aliphatic carbocycles. The van der Waals surface area contributed by atoms with Gasteiger partial charge in [0, 0.05) is 22.7 Å². The third kappa shape index (κ3) is 2.89. The molecule has 18 heavy (non-hydrogen) atoms. The number of hydrogen-bond donors (Lipinski definition) is 1. The van der Waals surface area contributed by atoms with Crippen LogP contribution in [0.5, 0.6) is 0 Å². The lowest BCUT2D eigenvalue weighted by Crippen LogP contribution is -2.11. The average Bonchev–Trinajstić information content (AvgIpc) is 2.38. The third-order valence-corrected chi connectivity index (χ3v) is 3.09. The highest BCUT2D eigenvalue weighted by Crippen LogP contribution is 2.30. The zero-order valence-corrected chi connectivity index (χ0v) is 11.0. The number of hydrogen-bond acceptors (Lipinski definition) is 1. The van der Waals surface area contributed by atoms with E-state index in [1.807, 2.05) is 18.2 Å². The largest absolute Gasteiger partial charge is 0.313 e. The summed E-state index contributed by atoms with van der Waals surface area (Å²) in [6.07, 6.45) is 0. The summed E-state index contributed by atoms with van der Waals surface area (Å²) in [4.78, 5) is 0. The van der Waals surface area contributed by atoms with Gasteiger partial charge in [0.1, 0.15) is 5.82 Å². The minimum Gasteiger partial charge on any atom is -0.313 e. The molecule has 0 aliphatic heterocycles. The van der Waals surface area contributed by atoms with E-state index in [1.54, 1.807) is 18.2 Å². The summed E-state index contributed by atoms with van der Waals surface area (Å²) < 4.78 is 13.7. The Kier molecular flexibility index (Phi) is 4.34. The molecule has 0 aliphatic rings. The van der Waals surface area contributed by atoms with Crippen LogP contribution in [-0.2, 0) is 6.54 Å². The van der Waals surface area contributed by atoms with Crippen LogP contribution in [0.1, 0.15) is 12.5 Å². The lowest BCUT2D eigenvalue weighted by atomic mass is 10.0. The van der Waals surface area contributed by atoms with Crippen molar-refractivity contribution < 1.29 is 4.39 Å². The van der Waals surface area contributed by atoms with Gasteiger partial charge in [-0.25, -0.2) is 4.39 Å². The highest BCUT2D eigenvalue weighted by Gasteiger charge is 2.08. The fourth-order valence-corrected chi connectivity index (χ4v) is 2.14. The van der Waals surface area contributed by atoms with Gasteiger partial charge in [-0.3, -0.25) is 0 Å². The van der Waals surface area contributed by atoms with Gasteiger partial charge in [0.2, 0.25) is 0 Å². The topological polar surface area (TPSA) is 12.0 Å². The number of rotatable bonds is 4. The van der Waals surface area contributed by atoms with Crippen LogP contribution in [0.3, 0.4) is 0 Å². The lowest BCUT2D eigenvalue weighted by molar-refractivity contribution is 0.631. The van der Waals surface area contributed by atoms with Crippen molar-refractivity contribution in [1.29, 1.82) is 0 Å². The maximum atomic E-state index is 13.7. The van der Waals surface area contributed by atoms with E-state index >= 15 is 0 Å². The second-order valence-electron chi connectivity index (χ2n) is 4.07. The summed E-state index contributed by atoms with van der Waals surface area (Å²) in [6, 6.07) is 12.4. The normalized spacial score (nSPS) is 10.6. The predicted molar refractivity (Wildman–Crippen MR) is 74.2 cm³/mol. The van der Waals surface area contributed by atoms with E-state index in [4.69, 9.17) is 11.6 Å². The number of benzene rings is 2. The Labute approximate surface area is 112 Å². The molecule has 3 heteroatoms. The molecule has 0 saturated heterocycles. The van der Waals surface area contributed by atoms with Crippen LogP contribution in [0.15, 0.2) is 42.5 Å². The quantitative estimate of drug-likeness (QED) is 0.869. The molecule has 0 fully saturated rings. The Balaban J connectivity index is 2.33. The molecule has 94 valence electrons. The molecule has 1 nitrogen and oxygen atoms in total. The molecule has 0 aromatic heterocycles. The second kappa shape index (κ2) is 5.98. The van der Waals surface area contributed by atoms with E-state index in [2.05, 4.69) is 12.2 Å². The predicted octanol–water partition coefficient (Wildman–Crippen LogP) is 4.26. The summed E-state index contributed by atoms with van der Waals surface area (Å²) >= 11 is 6.22. The van der Waals surface area contributed by atoms with Gasteiger partial charge in [-0.2, -0.15) is 0 Å². The summed E-state index contributed by atoms with van der Waals surface area (Å²) in [5.74, 6) is -0.251. The van der Waals surface area contributed by atoms with Crippen molar-refractivity contribution in [1.82, 2.24) is 5.32 Å². The van der Waals surface area contributed by atoms with E-state index < -0.39 is 0 Å². The van der Waals surface area contributed by atoms with Gasteiger partial charge in [0.25, 0.3) is 0 Å². The second-order valence-corrected chi connectivity index (χ2v) is 4.48. The van der Waals surface area contributed by atoms with Crippen molar-refractivity contribution in [2.45, 2.75) is 13.5 Å². The monoisotopic (exact) mass is 263 g/mol. The van der Waals surface area contributed by atoms with Crippen molar-refractivity contribution in [2.24, 2.45) is 0 Å². The van der Waals surface area contributed by atoms with Gasteiger partial charge in [0.05, 0.1) is 0 Å². The van der Waals surface area contributed by atoms with Crippen LogP contribution < -0.4 is 5.32 Å². The third-order valence-electron chi connectivity index (χ3n) is 2.78. The maximum absolute atomic E-state index is 13.7. The highest BCUT2D eigenvalue weighted by atomic mass is 35.5. The Morgan fingerprint density at radius 3 is 2.56 bits per heavy atom. The van der Waals surface area contributed by atoms with Crippen LogP contribution in [0, 0.1) is 5.82 Å². The molecular formula is C15H15ClFN. The molecule has 0 bridgehead atoms. The van der Waals surface area contributed by atoms with Crippen molar-refractivity contribution in [3.63, 3.8) is 0 Å². The standard InChI is InChI=1S/C15H15ClFN/c1-2-18-10-11-7-8-12(14(16)9-11)13-5-3-4-6-15(13)17/h3-9,18H,2,10H2,1H3. The van der Waals surface area contributed by atoms with Gasteiger partial charge in [-0.1, -0.05) is 48.9 Å². The molecule has 2 rings (SSSR count). The van der Waals surface area contributed by atoms with Crippen molar-refractivity contribution >= 4 is 11.6 Å². The summed E-state index contributed by atoms with van der Waals surface area (Å²) in [5.41, 5.74) is 2.37. The van der Waals surface area contributed by atoms with E-state index in [-0.39, 0.29) is 5.82 Å². The zero-order chi connectivity index (χ0) is 13.0. The molecule has 0 atom stereocenters. The molecule has 0 saturated carbocycles. The van der Waals surface area contributed by atoms with Gasteiger partial charge < -0.3 is 5.32 Å². The molecule has 2 aromatic carbocycles. The molecule has 0 radical (unpaired) electrons. The number of halogens is 2. The number of nitrogens with one attached hydrogen (secondary N) is 1. The minimum absolute atomic E-state index is 0.251.